The lowest BCUT2D eigenvalue weighted by Crippen LogP contribution is -2.12. The number of benzene rings is 2. The van der Waals surface area contributed by atoms with Crippen LogP contribution >= 0.6 is 11.6 Å². The van der Waals surface area contributed by atoms with Gasteiger partial charge in [0.1, 0.15) is 11.6 Å². The Balaban J connectivity index is 1.61. The molecule has 0 saturated heterocycles. The highest BCUT2D eigenvalue weighted by atomic mass is 35.5. The van der Waals surface area contributed by atoms with Crippen LogP contribution in [-0.2, 0) is 0 Å². The van der Waals surface area contributed by atoms with E-state index in [-0.39, 0.29) is 12.0 Å². The first-order valence-corrected chi connectivity index (χ1v) is 8.94. The van der Waals surface area contributed by atoms with Crippen LogP contribution in [0.4, 0.5) is 17.2 Å². The van der Waals surface area contributed by atoms with Crippen LogP contribution in [0.15, 0.2) is 66.9 Å². The quantitative estimate of drug-likeness (QED) is 0.590. The number of amides is 1. The van der Waals surface area contributed by atoms with Crippen LogP contribution in [0.25, 0.3) is 0 Å². The van der Waals surface area contributed by atoms with E-state index in [4.69, 9.17) is 16.3 Å². The van der Waals surface area contributed by atoms with Crippen molar-refractivity contribution in [2.45, 2.75) is 20.0 Å². The Labute approximate surface area is 163 Å². The molecule has 27 heavy (non-hydrogen) atoms. The Bertz CT molecular complexity index is 909. The third-order valence-corrected chi connectivity index (χ3v) is 3.84. The van der Waals surface area contributed by atoms with Crippen molar-refractivity contribution in [3.05, 3.63) is 77.4 Å². The second kappa shape index (κ2) is 8.56. The lowest BCUT2D eigenvalue weighted by atomic mass is 10.2. The summed E-state index contributed by atoms with van der Waals surface area (Å²) >= 11 is 5.91. The molecule has 3 rings (SSSR count). The number of hydrogen-bond donors (Lipinski definition) is 2. The molecule has 6 heteroatoms. The number of pyridine rings is 1. The maximum Gasteiger partial charge on any atom is 0.256 e. The molecule has 1 heterocycles. The lowest BCUT2D eigenvalue weighted by molar-refractivity contribution is 0.102. The van der Waals surface area contributed by atoms with Crippen LogP contribution in [0.3, 0.4) is 0 Å². The molecule has 0 aliphatic heterocycles. The van der Waals surface area contributed by atoms with E-state index in [0.717, 1.165) is 17.1 Å². The van der Waals surface area contributed by atoms with E-state index in [1.165, 1.54) is 0 Å². The van der Waals surface area contributed by atoms with Crippen molar-refractivity contribution in [1.82, 2.24) is 4.98 Å². The summed E-state index contributed by atoms with van der Waals surface area (Å²) in [5.41, 5.74) is 2.21. The predicted octanol–water partition coefficient (Wildman–Crippen LogP) is 5.52. The van der Waals surface area contributed by atoms with Gasteiger partial charge in [-0.05, 0) is 68.4 Å². The van der Waals surface area contributed by atoms with Gasteiger partial charge in [0, 0.05) is 16.3 Å². The van der Waals surface area contributed by atoms with Gasteiger partial charge in [-0.1, -0.05) is 17.7 Å². The summed E-state index contributed by atoms with van der Waals surface area (Å²) in [7, 11) is 0. The summed E-state index contributed by atoms with van der Waals surface area (Å²) in [5, 5.41) is 6.52. The molecule has 0 radical (unpaired) electrons. The fourth-order valence-electron chi connectivity index (χ4n) is 2.42. The first kappa shape index (κ1) is 18.7. The summed E-state index contributed by atoms with van der Waals surface area (Å²) in [5.74, 6) is 1.03. The normalized spacial score (nSPS) is 10.5. The second-order valence-electron chi connectivity index (χ2n) is 6.21. The van der Waals surface area contributed by atoms with Gasteiger partial charge in [0.05, 0.1) is 18.0 Å². The molecule has 0 atom stereocenters. The van der Waals surface area contributed by atoms with E-state index in [1.54, 1.807) is 36.5 Å². The maximum absolute atomic E-state index is 12.2. The van der Waals surface area contributed by atoms with Crippen molar-refractivity contribution in [3.63, 3.8) is 0 Å². The second-order valence-corrected chi connectivity index (χ2v) is 6.65. The van der Waals surface area contributed by atoms with Crippen molar-refractivity contribution in [2.75, 3.05) is 10.6 Å². The summed E-state index contributed by atoms with van der Waals surface area (Å²) in [6.45, 7) is 3.98. The predicted molar refractivity (Wildman–Crippen MR) is 109 cm³/mol. The van der Waals surface area contributed by atoms with E-state index >= 15 is 0 Å². The number of anilines is 3. The Morgan fingerprint density at radius 2 is 1.78 bits per heavy atom. The van der Waals surface area contributed by atoms with Crippen molar-refractivity contribution < 1.29 is 9.53 Å². The van der Waals surface area contributed by atoms with Crippen molar-refractivity contribution in [2.24, 2.45) is 0 Å². The monoisotopic (exact) mass is 381 g/mol. The molecule has 0 saturated carbocycles. The minimum Gasteiger partial charge on any atom is -0.491 e. The van der Waals surface area contributed by atoms with Crippen LogP contribution in [-0.4, -0.2) is 17.0 Å². The SMILES string of the molecule is CC(C)Oc1ccc(Nc2ccc(NC(=O)c3cccc(Cl)c3)nc2)cc1. The first-order chi connectivity index (χ1) is 13.0. The molecule has 138 valence electrons. The maximum atomic E-state index is 12.2. The van der Waals surface area contributed by atoms with Gasteiger partial charge in [0.15, 0.2) is 0 Å². The van der Waals surface area contributed by atoms with Crippen LogP contribution < -0.4 is 15.4 Å². The third-order valence-electron chi connectivity index (χ3n) is 3.61. The average Bonchev–Trinajstić information content (AvgIpc) is 2.64. The van der Waals surface area contributed by atoms with Gasteiger partial charge in [-0.15, -0.1) is 0 Å². The molecule has 5 nitrogen and oxygen atoms in total. The highest BCUT2D eigenvalue weighted by Crippen LogP contribution is 2.21. The summed E-state index contributed by atoms with van der Waals surface area (Å²) in [6, 6.07) is 18.0. The van der Waals surface area contributed by atoms with Gasteiger partial charge in [-0.3, -0.25) is 4.79 Å². The number of hydrogen-bond acceptors (Lipinski definition) is 4. The number of aromatic nitrogens is 1. The van der Waals surface area contributed by atoms with Crippen molar-refractivity contribution in [1.29, 1.82) is 0 Å². The topological polar surface area (TPSA) is 63.2 Å². The van der Waals surface area contributed by atoms with E-state index in [0.29, 0.717) is 16.4 Å². The Kier molecular flexibility index (Phi) is 5.94. The minimum absolute atomic E-state index is 0.141. The fraction of sp³-hybridized carbons (Fsp3) is 0.143. The minimum atomic E-state index is -0.258. The van der Waals surface area contributed by atoms with Gasteiger partial charge < -0.3 is 15.4 Å². The van der Waals surface area contributed by atoms with E-state index < -0.39 is 0 Å². The van der Waals surface area contributed by atoms with Gasteiger partial charge in [-0.2, -0.15) is 0 Å². The Morgan fingerprint density at radius 3 is 2.41 bits per heavy atom. The largest absolute Gasteiger partial charge is 0.491 e. The van der Waals surface area contributed by atoms with Gasteiger partial charge in [-0.25, -0.2) is 4.98 Å². The van der Waals surface area contributed by atoms with Crippen LogP contribution in [0.5, 0.6) is 5.75 Å². The van der Waals surface area contributed by atoms with Crippen LogP contribution in [0, 0.1) is 0 Å². The molecule has 0 unspecified atom stereocenters. The summed E-state index contributed by atoms with van der Waals surface area (Å²) in [4.78, 5) is 16.5. The van der Waals surface area contributed by atoms with Crippen molar-refractivity contribution in [3.8, 4) is 5.75 Å². The van der Waals surface area contributed by atoms with Gasteiger partial charge in [0.25, 0.3) is 5.91 Å². The molecular formula is C21H20ClN3O2. The average molecular weight is 382 g/mol. The Morgan fingerprint density at radius 1 is 1.04 bits per heavy atom. The molecule has 2 aromatic carbocycles. The number of carbonyl (C=O) groups is 1. The standard InChI is InChI=1S/C21H20ClN3O2/c1-14(2)27-19-9-6-17(7-10-19)24-18-8-11-20(23-13-18)25-21(26)15-4-3-5-16(22)12-15/h3-14,24H,1-2H3,(H,23,25,26). The molecule has 0 spiro atoms. The number of nitrogens with one attached hydrogen (secondary N) is 2. The Hall–Kier alpha value is -3.05. The van der Waals surface area contributed by atoms with Crippen molar-refractivity contribution >= 4 is 34.7 Å². The van der Waals surface area contributed by atoms with Gasteiger partial charge >= 0.3 is 0 Å². The molecule has 1 amide bonds. The molecule has 0 fully saturated rings. The van der Waals surface area contributed by atoms with Crippen LogP contribution in [0.2, 0.25) is 5.02 Å². The lowest BCUT2D eigenvalue weighted by Gasteiger charge is -2.11. The number of halogens is 1. The highest BCUT2D eigenvalue weighted by Gasteiger charge is 2.07. The first-order valence-electron chi connectivity index (χ1n) is 8.56. The number of ether oxygens (including phenoxy) is 1. The molecule has 0 bridgehead atoms. The molecule has 0 aliphatic carbocycles. The fourth-order valence-corrected chi connectivity index (χ4v) is 2.61. The zero-order chi connectivity index (χ0) is 19.2. The van der Waals surface area contributed by atoms with E-state index in [9.17, 15) is 4.79 Å². The van der Waals surface area contributed by atoms with E-state index in [2.05, 4.69) is 15.6 Å². The summed E-state index contributed by atoms with van der Waals surface area (Å²) < 4.78 is 5.63. The van der Waals surface area contributed by atoms with E-state index in [1.807, 2.05) is 44.2 Å². The third kappa shape index (κ3) is 5.46. The smallest absolute Gasteiger partial charge is 0.256 e. The number of rotatable bonds is 6. The summed E-state index contributed by atoms with van der Waals surface area (Å²) in [6.07, 6.45) is 1.80. The van der Waals surface area contributed by atoms with Crippen LogP contribution in [0.1, 0.15) is 24.2 Å². The number of carbonyl (C=O) groups excluding carboxylic acids is 1. The zero-order valence-electron chi connectivity index (χ0n) is 15.1. The highest BCUT2D eigenvalue weighted by molar-refractivity contribution is 6.31. The number of nitrogens with zero attached hydrogens (tertiary/aromatic N) is 1. The molecule has 1 aromatic heterocycles. The molecule has 0 aliphatic rings. The van der Waals surface area contributed by atoms with Gasteiger partial charge in [0.2, 0.25) is 0 Å². The molecule has 3 aromatic rings. The zero-order valence-corrected chi connectivity index (χ0v) is 15.8. The molecular weight excluding hydrogens is 362 g/mol. The molecule has 2 N–H and O–H groups in total.